The van der Waals surface area contributed by atoms with Crippen LogP contribution in [0.15, 0.2) is 36.4 Å². The van der Waals surface area contributed by atoms with Crippen LogP contribution in [0.1, 0.15) is 26.3 Å². The van der Waals surface area contributed by atoms with Crippen molar-refractivity contribution in [2.75, 3.05) is 19.8 Å². The van der Waals surface area contributed by atoms with Crippen LogP contribution in [0.4, 0.5) is 0 Å². The third-order valence-electron chi connectivity index (χ3n) is 3.52. The Bertz CT molecular complexity index is 773. The molecule has 0 aromatic heterocycles. The lowest BCUT2D eigenvalue weighted by Gasteiger charge is -2.14. The molecule has 0 spiro atoms. The largest absolute Gasteiger partial charge is 0.493 e. The van der Waals surface area contributed by atoms with E-state index in [1.54, 1.807) is 37.3 Å². The molecule has 0 aliphatic rings. The van der Waals surface area contributed by atoms with Gasteiger partial charge in [-0.25, -0.2) is 4.79 Å². The van der Waals surface area contributed by atoms with Crippen LogP contribution in [0.3, 0.4) is 0 Å². The molecule has 2 aromatic carbocycles. The standard InChI is InChI=1S/C21H25BO5/c1-5-24-21(23)13-26-20-7-6-17(8-15(20)4)27-19-10-16(22)9-18(11-19)25-12-14(2)3/h6-11,14H,5,12-13H2,1-4H3. The molecule has 0 saturated heterocycles. The van der Waals surface area contributed by atoms with E-state index < -0.39 is 5.97 Å². The number of carbonyl (C=O) groups is 1. The Labute approximate surface area is 162 Å². The van der Waals surface area contributed by atoms with Crippen molar-refractivity contribution in [3.8, 4) is 23.0 Å². The summed E-state index contributed by atoms with van der Waals surface area (Å²) in [5.41, 5.74) is 1.41. The fraction of sp³-hybridized carbons (Fsp3) is 0.381. The van der Waals surface area contributed by atoms with Crippen LogP contribution in [0.2, 0.25) is 0 Å². The van der Waals surface area contributed by atoms with Crippen LogP contribution in [-0.4, -0.2) is 33.6 Å². The first-order valence-electron chi connectivity index (χ1n) is 8.97. The third kappa shape index (κ3) is 6.89. The molecule has 142 valence electrons. The Morgan fingerprint density at radius 1 is 1.04 bits per heavy atom. The van der Waals surface area contributed by atoms with Gasteiger partial charge in [0.2, 0.25) is 0 Å². The minimum atomic E-state index is -0.397. The van der Waals surface area contributed by atoms with Gasteiger partial charge in [0.1, 0.15) is 30.8 Å². The molecule has 6 heteroatoms. The van der Waals surface area contributed by atoms with Gasteiger partial charge in [-0.1, -0.05) is 19.3 Å². The second kappa shape index (κ2) is 9.90. The molecule has 0 aliphatic heterocycles. The highest BCUT2D eigenvalue weighted by Crippen LogP contribution is 2.28. The van der Waals surface area contributed by atoms with Gasteiger partial charge in [-0.2, -0.15) is 0 Å². The minimum Gasteiger partial charge on any atom is -0.493 e. The Balaban J connectivity index is 2.05. The first kappa shape index (κ1) is 20.7. The van der Waals surface area contributed by atoms with E-state index in [4.69, 9.17) is 26.8 Å². The smallest absolute Gasteiger partial charge is 0.344 e. The molecule has 0 heterocycles. The lowest BCUT2D eigenvalue weighted by molar-refractivity contribution is -0.145. The third-order valence-corrected chi connectivity index (χ3v) is 3.52. The number of carbonyl (C=O) groups excluding carboxylic acids is 1. The van der Waals surface area contributed by atoms with Crippen molar-refractivity contribution in [1.29, 1.82) is 0 Å². The molecule has 0 bridgehead atoms. The quantitative estimate of drug-likeness (QED) is 0.501. The van der Waals surface area contributed by atoms with E-state index in [1.807, 2.05) is 13.0 Å². The first-order valence-corrected chi connectivity index (χ1v) is 8.97. The molecule has 0 aliphatic carbocycles. The van der Waals surface area contributed by atoms with Crippen LogP contribution in [0, 0.1) is 12.8 Å². The molecular formula is C21H25BO5. The Hall–Kier alpha value is -2.63. The van der Waals surface area contributed by atoms with Crippen LogP contribution in [-0.2, 0) is 9.53 Å². The van der Waals surface area contributed by atoms with Crippen molar-refractivity contribution in [3.05, 3.63) is 42.0 Å². The maximum absolute atomic E-state index is 11.4. The zero-order valence-corrected chi connectivity index (χ0v) is 16.3. The summed E-state index contributed by atoms with van der Waals surface area (Å²) in [5.74, 6) is 2.52. The SMILES string of the molecule is [B]c1cc(OCC(C)C)cc(Oc2ccc(OCC(=O)OCC)c(C)c2)c1. The van der Waals surface area contributed by atoms with E-state index in [0.29, 0.717) is 47.6 Å². The van der Waals surface area contributed by atoms with Crippen molar-refractivity contribution in [2.24, 2.45) is 5.92 Å². The first-order chi connectivity index (χ1) is 12.9. The number of hydrogen-bond donors (Lipinski definition) is 0. The highest BCUT2D eigenvalue weighted by atomic mass is 16.6. The second-order valence-corrected chi connectivity index (χ2v) is 6.57. The van der Waals surface area contributed by atoms with E-state index >= 15 is 0 Å². The average Bonchev–Trinajstić information content (AvgIpc) is 2.59. The normalized spacial score (nSPS) is 10.6. The molecule has 0 unspecified atom stereocenters. The lowest BCUT2D eigenvalue weighted by atomic mass is 9.96. The van der Waals surface area contributed by atoms with E-state index in [2.05, 4.69) is 13.8 Å². The molecule has 0 atom stereocenters. The van der Waals surface area contributed by atoms with E-state index in [-0.39, 0.29) is 6.61 Å². The minimum absolute atomic E-state index is 0.124. The van der Waals surface area contributed by atoms with Gasteiger partial charge in [0.25, 0.3) is 0 Å². The summed E-state index contributed by atoms with van der Waals surface area (Å²) in [7, 11) is 5.94. The van der Waals surface area contributed by atoms with Gasteiger partial charge in [0, 0.05) is 6.07 Å². The fourth-order valence-corrected chi connectivity index (χ4v) is 2.32. The molecule has 0 fully saturated rings. The Morgan fingerprint density at radius 2 is 1.78 bits per heavy atom. The molecule has 5 nitrogen and oxygen atoms in total. The predicted octanol–water partition coefficient (Wildman–Crippen LogP) is 3.56. The summed E-state index contributed by atoms with van der Waals surface area (Å²) in [6, 6.07) is 10.7. The fourth-order valence-electron chi connectivity index (χ4n) is 2.32. The van der Waals surface area contributed by atoms with Gasteiger partial charge in [-0.05, 0) is 55.7 Å². The van der Waals surface area contributed by atoms with Crippen molar-refractivity contribution in [2.45, 2.75) is 27.7 Å². The van der Waals surface area contributed by atoms with Crippen molar-refractivity contribution in [1.82, 2.24) is 0 Å². The summed E-state index contributed by atoms with van der Waals surface area (Å²) in [4.78, 5) is 11.4. The number of ether oxygens (including phenoxy) is 4. The van der Waals surface area contributed by atoms with Crippen LogP contribution in [0.5, 0.6) is 23.0 Å². The molecule has 0 amide bonds. The molecule has 2 radical (unpaired) electrons. The second-order valence-electron chi connectivity index (χ2n) is 6.57. The van der Waals surface area contributed by atoms with Crippen LogP contribution >= 0.6 is 0 Å². The summed E-state index contributed by atoms with van der Waals surface area (Å²) < 4.78 is 21.9. The lowest BCUT2D eigenvalue weighted by Crippen LogP contribution is -2.14. The number of benzene rings is 2. The Morgan fingerprint density at radius 3 is 2.44 bits per heavy atom. The molecule has 2 rings (SSSR count). The van der Waals surface area contributed by atoms with Gasteiger partial charge in [-0.3, -0.25) is 0 Å². The van der Waals surface area contributed by atoms with Gasteiger partial charge < -0.3 is 18.9 Å². The monoisotopic (exact) mass is 368 g/mol. The summed E-state index contributed by atoms with van der Waals surface area (Å²) in [6.45, 7) is 8.61. The maximum atomic E-state index is 11.4. The highest BCUT2D eigenvalue weighted by molar-refractivity contribution is 6.32. The van der Waals surface area contributed by atoms with E-state index in [0.717, 1.165) is 5.56 Å². The highest BCUT2D eigenvalue weighted by Gasteiger charge is 2.08. The molecule has 27 heavy (non-hydrogen) atoms. The topological polar surface area (TPSA) is 54.0 Å². The van der Waals surface area contributed by atoms with Crippen molar-refractivity contribution in [3.63, 3.8) is 0 Å². The van der Waals surface area contributed by atoms with Crippen molar-refractivity contribution < 1.29 is 23.7 Å². The van der Waals surface area contributed by atoms with Crippen LogP contribution in [0.25, 0.3) is 0 Å². The summed E-state index contributed by atoms with van der Waals surface area (Å²) in [6.07, 6.45) is 0. The number of aryl methyl sites for hydroxylation is 1. The molecule has 0 saturated carbocycles. The van der Waals surface area contributed by atoms with E-state index in [1.165, 1.54) is 0 Å². The van der Waals surface area contributed by atoms with Gasteiger partial charge >= 0.3 is 5.97 Å². The average molecular weight is 368 g/mol. The zero-order valence-electron chi connectivity index (χ0n) is 16.3. The number of esters is 1. The predicted molar refractivity (Wildman–Crippen MR) is 106 cm³/mol. The molecular weight excluding hydrogens is 343 g/mol. The molecule has 2 aromatic rings. The van der Waals surface area contributed by atoms with Gasteiger partial charge in [0.15, 0.2) is 6.61 Å². The number of rotatable bonds is 9. The van der Waals surface area contributed by atoms with Crippen LogP contribution < -0.4 is 19.7 Å². The Kier molecular flexibility index (Phi) is 7.59. The van der Waals surface area contributed by atoms with Crippen molar-refractivity contribution >= 4 is 19.3 Å². The molecule has 0 N–H and O–H groups in total. The van der Waals surface area contributed by atoms with E-state index in [9.17, 15) is 4.79 Å². The van der Waals surface area contributed by atoms with Gasteiger partial charge in [0.05, 0.1) is 13.2 Å². The zero-order chi connectivity index (χ0) is 19.8. The van der Waals surface area contributed by atoms with Gasteiger partial charge in [-0.15, -0.1) is 0 Å². The summed E-state index contributed by atoms with van der Waals surface area (Å²) in [5, 5.41) is 0. The maximum Gasteiger partial charge on any atom is 0.344 e. The number of hydrogen-bond acceptors (Lipinski definition) is 5. The summed E-state index contributed by atoms with van der Waals surface area (Å²) >= 11 is 0.